The third-order valence-corrected chi connectivity index (χ3v) is 3.15. The highest BCUT2D eigenvalue weighted by atomic mass is 79.9. The molecule has 7 heteroatoms. The number of aromatic nitrogens is 1. The molecule has 2 rings (SSSR count). The monoisotopic (exact) mass is 336 g/mol. The van der Waals surface area contributed by atoms with Crippen LogP contribution in [0.25, 0.3) is 0 Å². The number of halogens is 1. The first-order valence-corrected chi connectivity index (χ1v) is 6.74. The highest BCUT2D eigenvalue weighted by Crippen LogP contribution is 2.25. The second kappa shape index (κ2) is 6.33. The van der Waals surface area contributed by atoms with Crippen molar-refractivity contribution in [2.24, 2.45) is 0 Å². The summed E-state index contributed by atoms with van der Waals surface area (Å²) in [6, 6.07) is 8.95. The number of hydrogen-bond donors (Lipinski definition) is 2. The predicted molar refractivity (Wildman–Crippen MR) is 81.6 cm³/mol. The highest BCUT2D eigenvalue weighted by Gasteiger charge is 2.15. The van der Waals surface area contributed by atoms with Gasteiger partial charge in [-0.05, 0) is 40.0 Å². The molecule has 0 radical (unpaired) electrons. The maximum absolute atomic E-state index is 10.9. The van der Waals surface area contributed by atoms with Gasteiger partial charge in [0, 0.05) is 29.0 Å². The van der Waals surface area contributed by atoms with Gasteiger partial charge in [-0.15, -0.1) is 0 Å². The van der Waals surface area contributed by atoms with Crippen LogP contribution in [0.15, 0.2) is 41.0 Å². The van der Waals surface area contributed by atoms with Crippen LogP contribution in [0.3, 0.4) is 0 Å². The van der Waals surface area contributed by atoms with Gasteiger partial charge in [0.2, 0.25) is 5.82 Å². The Hall–Kier alpha value is -2.15. The topological polar surface area (TPSA) is 94.1 Å². The van der Waals surface area contributed by atoms with E-state index in [1.54, 1.807) is 0 Å². The summed E-state index contributed by atoms with van der Waals surface area (Å²) in [5, 5.41) is 13.9. The van der Waals surface area contributed by atoms with Gasteiger partial charge < -0.3 is 11.1 Å². The second-order valence-corrected chi connectivity index (χ2v) is 5.11. The number of nitrogens with two attached hydrogens (primary N) is 1. The van der Waals surface area contributed by atoms with Crippen molar-refractivity contribution in [2.75, 3.05) is 17.6 Å². The number of nitrogen functional groups attached to an aromatic ring is 1. The van der Waals surface area contributed by atoms with E-state index < -0.39 is 4.92 Å². The second-order valence-electron chi connectivity index (χ2n) is 4.20. The van der Waals surface area contributed by atoms with Crippen LogP contribution < -0.4 is 11.1 Å². The van der Waals surface area contributed by atoms with Crippen molar-refractivity contribution < 1.29 is 4.92 Å². The van der Waals surface area contributed by atoms with Crippen LogP contribution in [0, 0.1) is 10.1 Å². The van der Waals surface area contributed by atoms with Crippen molar-refractivity contribution >= 4 is 33.1 Å². The van der Waals surface area contributed by atoms with E-state index in [2.05, 4.69) is 26.2 Å². The Balaban J connectivity index is 2.00. The number of nitrogens with one attached hydrogen (secondary N) is 1. The number of benzene rings is 1. The molecule has 0 unspecified atom stereocenters. The van der Waals surface area contributed by atoms with Gasteiger partial charge in [-0.2, -0.15) is 0 Å². The van der Waals surface area contributed by atoms with Crippen molar-refractivity contribution in [3.8, 4) is 0 Å². The van der Waals surface area contributed by atoms with Crippen molar-refractivity contribution in [3.05, 3.63) is 56.7 Å². The van der Waals surface area contributed by atoms with Crippen LogP contribution >= 0.6 is 15.9 Å². The van der Waals surface area contributed by atoms with Gasteiger partial charge in [-0.25, -0.2) is 4.98 Å². The molecule has 0 bridgehead atoms. The van der Waals surface area contributed by atoms with E-state index >= 15 is 0 Å². The average Bonchev–Trinajstić information content (AvgIpc) is 2.42. The molecule has 0 saturated heterocycles. The minimum atomic E-state index is -0.455. The molecule has 20 heavy (non-hydrogen) atoms. The summed E-state index contributed by atoms with van der Waals surface area (Å²) >= 11 is 3.17. The number of pyridine rings is 1. The van der Waals surface area contributed by atoms with Gasteiger partial charge in [-0.3, -0.25) is 10.1 Å². The molecule has 1 aromatic carbocycles. The largest absolute Gasteiger partial charge is 0.399 e. The summed E-state index contributed by atoms with van der Waals surface area (Å²) in [7, 11) is 0. The van der Waals surface area contributed by atoms with E-state index in [1.807, 2.05) is 24.3 Å². The number of nitrogens with zero attached hydrogens (tertiary/aromatic N) is 2. The molecule has 3 N–H and O–H groups in total. The molecule has 1 heterocycles. The standard InChI is InChI=1S/C13H13BrN4O2/c14-10-7-12(18(19)20)13(17-8-10)16-6-5-9-1-3-11(15)4-2-9/h1-4,7-8H,5-6,15H2,(H,16,17). The SMILES string of the molecule is Nc1ccc(CCNc2ncc(Br)cc2[N+](=O)[O-])cc1. The fraction of sp³-hybridized carbons (Fsp3) is 0.154. The fourth-order valence-corrected chi connectivity index (χ4v) is 2.03. The van der Waals surface area contributed by atoms with E-state index in [4.69, 9.17) is 5.73 Å². The Labute approximate surface area is 124 Å². The lowest BCUT2D eigenvalue weighted by Gasteiger charge is -2.06. The van der Waals surface area contributed by atoms with Gasteiger partial charge in [0.15, 0.2) is 0 Å². The molecule has 2 aromatic rings. The molecular weight excluding hydrogens is 324 g/mol. The lowest BCUT2D eigenvalue weighted by Crippen LogP contribution is -2.08. The smallest absolute Gasteiger partial charge is 0.312 e. The Bertz CT molecular complexity index is 616. The third-order valence-electron chi connectivity index (χ3n) is 2.72. The number of anilines is 2. The molecule has 0 saturated carbocycles. The minimum Gasteiger partial charge on any atom is -0.399 e. The van der Waals surface area contributed by atoms with E-state index in [-0.39, 0.29) is 11.5 Å². The molecule has 0 atom stereocenters. The molecule has 0 amide bonds. The van der Waals surface area contributed by atoms with Gasteiger partial charge in [0.1, 0.15) is 0 Å². The first-order valence-electron chi connectivity index (χ1n) is 5.94. The molecule has 0 fully saturated rings. The van der Waals surface area contributed by atoms with Crippen LogP contribution in [0.2, 0.25) is 0 Å². The molecule has 0 spiro atoms. The van der Waals surface area contributed by atoms with Gasteiger partial charge >= 0.3 is 5.69 Å². The predicted octanol–water partition coefficient (Wildman–Crippen LogP) is 2.99. The summed E-state index contributed by atoms with van der Waals surface area (Å²) in [5.74, 6) is 0.272. The third kappa shape index (κ3) is 3.67. The molecule has 1 aromatic heterocycles. The Morgan fingerprint density at radius 2 is 2.05 bits per heavy atom. The number of nitro groups is 1. The number of rotatable bonds is 5. The zero-order chi connectivity index (χ0) is 14.5. The van der Waals surface area contributed by atoms with Crippen molar-refractivity contribution in [2.45, 2.75) is 6.42 Å². The summed E-state index contributed by atoms with van der Waals surface area (Å²) in [6.45, 7) is 0.555. The highest BCUT2D eigenvalue weighted by molar-refractivity contribution is 9.10. The van der Waals surface area contributed by atoms with Crippen LogP contribution in [0.5, 0.6) is 0 Å². The Morgan fingerprint density at radius 3 is 2.70 bits per heavy atom. The lowest BCUT2D eigenvalue weighted by atomic mass is 10.1. The van der Waals surface area contributed by atoms with Crippen LogP contribution in [0.1, 0.15) is 5.56 Å². The Morgan fingerprint density at radius 1 is 1.35 bits per heavy atom. The van der Waals surface area contributed by atoms with Crippen LogP contribution in [-0.4, -0.2) is 16.5 Å². The summed E-state index contributed by atoms with van der Waals surface area (Å²) in [4.78, 5) is 14.5. The summed E-state index contributed by atoms with van der Waals surface area (Å²) in [6.07, 6.45) is 2.26. The average molecular weight is 337 g/mol. The van der Waals surface area contributed by atoms with Gasteiger partial charge in [0.05, 0.1) is 4.92 Å². The van der Waals surface area contributed by atoms with Gasteiger partial charge in [-0.1, -0.05) is 12.1 Å². The van der Waals surface area contributed by atoms with Crippen molar-refractivity contribution in [1.29, 1.82) is 0 Å². The van der Waals surface area contributed by atoms with E-state index in [0.29, 0.717) is 16.7 Å². The quantitative estimate of drug-likeness (QED) is 0.497. The Kier molecular flexibility index (Phi) is 4.52. The zero-order valence-corrected chi connectivity index (χ0v) is 12.1. The summed E-state index contributed by atoms with van der Waals surface area (Å²) < 4.78 is 0.577. The first kappa shape index (κ1) is 14.3. The molecule has 104 valence electrons. The first-order chi connectivity index (χ1) is 9.56. The van der Waals surface area contributed by atoms with E-state index in [9.17, 15) is 10.1 Å². The van der Waals surface area contributed by atoms with Crippen molar-refractivity contribution in [3.63, 3.8) is 0 Å². The molecular formula is C13H13BrN4O2. The van der Waals surface area contributed by atoms with Crippen LogP contribution in [0.4, 0.5) is 17.2 Å². The van der Waals surface area contributed by atoms with E-state index in [1.165, 1.54) is 12.3 Å². The number of hydrogen-bond acceptors (Lipinski definition) is 5. The normalized spacial score (nSPS) is 10.2. The zero-order valence-electron chi connectivity index (χ0n) is 10.5. The minimum absolute atomic E-state index is 0.0447. The maximum atomic E-state index is 10.9. The fourth-order valence-electron chi connectivity index (χ4n) is 1.71. The van der Waals surface area contributed by atoms with Crippen LogP contribution in [-0.2, 0) is 6.42 Å². The maximum Gasteiger partial charge on any atom is 0.312 e. The molecule has 6 nitrogen and oxygen atoms in total. The lowest BCUT2D eigenvalue weighted by molar-refractivity contribution is -0.384. The molecule has 0 aliphatic heterocycles. The van der Waals surface area contributed by atoms with Crippen molar-refractivity contribution in [1.82, 2.24) is 4.98 Å². The molecule has 0 aliphatic carbocycles. The summed E-state index contributed by atoms with van der Waals surface area (Å²) in [5.41, 5.74) is 7.38. The van der Waals surface area contributed by atoms with E-state index in [0.717, 1.165) is 12.0 Å². The molecule has 0 aliphatic rings. The van der Waals surface area contributed by atoms with Gasteiger partial charge in [0.25, 0.3) is 0 Å².